The van der Waals surface area contributed by atoms with Crippen molar-refractivity contribution in [1.29, 1.82) is 0 Å². The third kappa shape index (κ3) is 2.90. The molecule has 0 spiro atoms. The minimum atomic E-state index is -1.14. The number of hydrogen-bond donors (Lipinski definition) is 2. The van der Waals surface area contributed by atoms with Crippen molar-refractivity contribution in [3.63, 3.8) is 0 Å². The number of amides is 1. The molecule has 0 atom stereocenters. The van der Waals surface area contributed by atoms with E-state index >= 15 is 0 Å². The zero-order chi connectivity index (χ0) is 13.2. The summed E-state index contributed by atoms with van der Waals surface area (Å²) in [6, 6.07) is 0. The molecule has 4 nitrogen and oxygen atoms in total. The van der Waals surface area contributed by atoms with Gasteiger partial charge in [0.05, 0.1) is 17.2 Å². The second-order valence-electron chi connectivity index (χ2n) is 5.25. The Balaban J connectivity index is 1.89. The van der Waals surface area contributed by atoms with Crippen LogP contribution in [0.3, 0.4) is 0 Å². The summed E-state index contributed by atoms with van der Waals surface area (Å²) < 4.78 is 0. The molecule has 100 valence electrons. The van der Waals surface area contributed by atoms with Gasteiger partial charge in [0.2, 0.25) is 0 Å². The van der Waals surface area contributed by atoms with Gasteiger partial charge in [0.1, 0.15) is 5.60 Å². The molecule has 1 aromatic rings. The highest BCUT2D eigenvalue weighted by Gasteiger charge is 2.38. The lowest BCUT2D eigenvalue weighted by atomic mass is 10.0. The predicted molar refractivity (Wildman–Crippen MR) is 71.5 cm³/mol. The van der Waals surface area contributed by atoms with Crippen molar-refractivity contribution in [3.8, 4) is 0 Å². The zero-order valence-electron chi connectivity index (χ0n) is 10.9. The Hall–Kier alpha value is -0.940. The van der Waals surface area contributed by atoms with Crippen LogP contribution in [0.25, 0.3) is 0 Å². The second kappa shape index (κ2) is 5.36. The third-order valence-corrected chi connectivity index (χ3v) is 4.54. The van der Waals surface area contributed by atoms with Gasteiger partial charge in [0, 0.05) is 11.3 Å². The van der Waals surface area contributed by atoms with E-state index in [1.165, 1.54) is 0 Å². The highest BCUT2D eigenvalue weighted by Crippen LogP contribution is 2.29. The summed E-state index contributed by atoms with van der Waals surface area (Å²) in [6.45, 7) is 4.61. The van der Waals surface area contributed by atoms with Crippen LogP contribution in [-0.2, 0) is 11.3 Å². The Bertz CT molecular complexity index is 422. The summed E-state index contributed by atoms with van der Waals surface area (Å²) >= 11 is 1.62. The van der Waals surface area contributed by atoms with Gasteiger partial charge in [-0.2, -0.15) is 0 Å². The van der Waals surface area contributed by atoms with E-state index in [1.54, 1.807) is 11.3 Å². The molecule has 5 heteroatoms. The molecule has 1 aliphatic carbocycles. The fourth-order valence-corrected chi connectivity index (χ4v) is 3.03. The average molecular weight is 268 g/mol. The van der Waals surface area contributed by atoms with E-state index in [4.69, 9.17) is 0 Å². The number of thiazole rings is 1. The van der Waals surface area contributed by atoms with Crippen LogP contribution < -0.4 is 5.32 Å². The highest BCUT2D eigenvalue weighted by molar-refractivity contribution is 7.09. The Morgan fingerprint density at radius 3 is 2.78 bits per heavy atom. The first kappa shape index (κ1) is 13.5. The van der Waals surface area contributed by atoms with Crippen molar-refractivity contribution in [2.45, 2.75) is 57.6 Å². The van der Waals surface area contributed by atoms with Gasteiger partial charge in [0.25, 0.3) is 5.91 Å². The normalized spacial score (nSPS) is 18.2. The van der Waals surface area contributed by atoms with Crippen LogP contribution in [0.5, 0.6) is 0 Å². The fourth-order valence-electron chi connectivity index (χ4n) is 2.19. The van der Waals surface area contributed by atoms with E-state index in [9.17, 15) is 9.90 Å². The molecule has 0 bridgehead atoms. The van der Waals surface area contributed by atoms with Crippen LogP contribution >= 0.6 is 11.3 Å². The standard InChI is InChI=1S/C13H20N2O2S/c1-9(2)11-15-10(8-18-11)7-14-12(16)13(17)5-3-4-6-13/h8-9,17H,3-7H2,1-2H3,(H,14,16). The molecule has 1 amide bonds. The van der Waals surface area contributed by atoms with Crippen molar-refractivity contribution in [2.24, 2.45) is 0 Å². The molecule has 1 heterocycles. The number of carbonyl (C=O) groups is 1. The van der Waals surface area contributed by atoms with Gasteiger partial charge < -0.3 is 10.4 Å². The Morgan fingerprint density at radius 1 is 1.56 bits per heavy atom. The molecular formula is C13H20N2O2S. The number of rotatable bonds is 4. The lowest BCUT2D eigenvalue weighted by Gasteiger charge is -2.20. The zero-order valence-corrected chi connectivity index (χ0v) is 11.7. The van der Waals surface area contributed by atoms with Gasteiger partial charge in [-0.3, -0.25) is 4.79 Å². The average Bonchev–Trinajstić information content (AvgIpc) is 2.95. The van der Waals surface area contributed by atoms with Gasteiger partial charge in [-0.05, 0) is 25.7 Å². The SMILES string of the molecule is CC(C)c1nc(CNC(=O)C2(O)CCCC2)cs1. The van der Waals surface area contributed by atoms with E-state index in [0.29, 0.717) is 25.3 Å². The maximum Gasteiger partial charge on any atom is 0.252 e. The van der Waals surface area contributed by atoms with E-state index < -0.39 is 5.60 Å². The Labute approximate surface area is 111 Å². The first-order chi connectivity index (χ1) is 8.51. The number of nitrogens with one attached hydrogen (secondary N) is 1. The topological polar surface area (TPSA) is 62.2 Å². The molecule has 0 radical (unpaired) electrons. The first-order valence-corrected chi connectivity index (χ1v) is 7.34. The molecule has 1 fully saturated rings. The van der Waals surface area contributed by atoms with Crippen LogP contribution in [0.4, 0.5) is 0 Å². The van der Waals surface area contributed by atoms with Crippen LogP contribution in [0.2, 0.25) is 0 Å². The van der Waals surface area contributed by atoms with Gasteiger partial charge >= 0.3 is 0 Å². The number of aromatic nitrogens is 1. The second-order valence-corrected chi connectivity index (χ2v) is 6.14. The minimum absolute atomic E-state index is 0.251. The van der Waals surface area contributed by atoms with E-state index in [1.807, 2.05) is 5.38 Å². The van der Waals surface area contributed by atoms with Crippen molar-refractivity contribution in [1.82, 2.24) is 10.3 Å². The molecule has 2 rings (SSSR count). The lowest BCUT2D eigenvalue weighted by molar-refractivity contribution is -0.139. The number of carbonyl (C=O) groups excluding carboxylic acids is 1. The quantitative estimate of drug-likeness (QED) is 0.880. The van der Waals surface area contributed by atoms with Gasteiger partial charge in [0.15, 0.2) is 0 Å². The number of aliphatic hydroxyl groups is 1. The molecule has 18 heavy (non-hydrogen) atoms. The monoisotopic (exact) mass is 268 g/mol. The minimum Gasteiger partial charge on any atom is -0.380 e. The molecule has 0 aliphatic heterocycles. The summed E-state index contributed by atoms with van der Waals surface area (Å²) in [6.07, 6.45) is 3.01. The van der Waals surface area contributed by atoms with Gasteiger partial charge in [-0.15, -0.1) is 11.3 Å². The fraction of sp³-hybridized carbons (Fsp3) is 0.692. The van der Waals surface area contributed by atoms with Crippen molar-refractivity contribution < 1.29 is 9.90 Å². The largest absolute Gasteiger partial charge is 0.380 e. The summed E-state index contributed by atoms with van der Waals surface area (Å²) in [7, 11) is 0. The summed E-state index contributed by atoms with van der Waals surface area (Å²) in [4.78, 5) is 16.3. The van der Waals surface area contributed by atoms with E-state index in [2.05, 4.69) is 24.1 Å². The summed E-state index contributed by atoms with van der Waals surface area (Å²) in [5, 5.41) is 15.9. The van der Waals surface area contributed by atoms with Crippen LogP contribution in [0.15, 0.2) is 5.38 Å². The molecule has 0 aromatic carbocycles. The van der Waals surface area contributed by atoms with Crippen molar-refractivity contribution in [2.75, 3.05) is 0 Å². The van der Waals surface area contributed by atoms with E-state index in [-0.39, 0.29) is 5.91 Å². The molecule has 1 aromatic heterocycles. The lowest BCUT2D eigenvalue weighted by Crippen LogP contribution is -2.44. The van der Waals surface area contributed by atoms with Gasteiger partial charge in [-0.25, -0.2) is 4.98 Å². The Morgan fingerprint density at radius 2 is 2.22 bits per heavy atom. The van der Waals surface area contributed by atoms with Crippen LogP contribution in [0, 0.1) is 0 Å². The maximum atomic E-state index is 11.9. The van der Waals surface area contributed by atoms with Crippen molar-refractivity contribution in [3.05, 3.63) is 16.1 Å². The highest BCUT2D eigenvalue weighted by atomic mass is 32.1. The summed E-state index contributed by atoms with van der Waals surface area (Å²) in [5.74, 6) is 0.164. The molecule has 1 saturated carbocycles. The van der Waals surface area contributed by atoms with Crippen LogP contribution in [0.1, 0.15) is 56.2 Å². The molecule has 0 unspecified atom stereocenters. The smallest absolute Gasteiger partial charge is 0.252 e. The third-order valence-electron chi connectivity index (χ3n) is 3.35. The molecule has 1 aliphatic rings. The predicted octanol–water partition coefficient (Wildman–Crippen LogP) is 2.19. The molecule has 2 N–H and O–H groups in total. The number of nitrogens with zero attached hydrogens (tertiary/aromatic N) is 1. The van der Waals surface area contributed by atoms with E-state index in [0.717, 1.165) is 23.5 Å². The van der Waals surface area contributed by atoms with Gasteiger partial charge in [-0.1, -0.05) is 13.8 Å². The Kier molecular flexibility index (Phi) is 4.02. The van der Waals surface area contributed by atoms with Crippen molar-refractivity contribution >= 4 is 17.2 Å². The van der Waals surface area contributed by atoms with Crippen LogP contribution in [-0.4, -0.2) is 21.6 Å². The molecular weight excluding hydrogens is 248 g/mol. The summed E-state index contributed by atoms with van der Waals surface area (Å²) in [5.41, 5.74) is -0.268. The number of hydrogen-bond acceptors (Lipinski definition) is 4. The molecule has 0 saturated heterocycles. The first-order valence-electron chi connectivity index (χ1n) is 6.46. The maximum absolute atomic E-state index is 11.9.